The molecule has 0 saturated carbocycles. The van der Waals surface area contributed by atoms with Crippen molar-refractivity contribution in [2.75, 3.05) is 6.61 Å². The molecule has 0 bridgehead atoms. The van der Waals surface area contributed by atoms with Crippen LogP contribution in [-0.4, -0.2) is 15.0 Å². The van der Waals surface area contributed by atoms with Crippen LogP contribution in [0.4, 0.5) is 0 Å². The monoisotopic (exact) mass is 326 g/mol. The predicted octanol–water partition coefficient (Wildman–Crippen LogP) is 4.58. The van der Waals surface area contributed by atoms with Crippen molar-refractivity contribution < 1.29 is 13.2 Å². The summed E-state index contributed by atoms with van der Waals surface area (Å²) in [5.74, 6) is 1.20. The predicted molar refractivity (Wildman–Crippen MR) is 86.6 cm³/mol. The van der Waals surface area contributed by atoms with Crippen LogP contribution in [0, 0.1) is 5.92 Å². The van der Waals surface area contributed by atoms with Gasteiger partial charge in [0.1, 0.15) is 5.75 Å². The van der Waals surface area contributed by atoms with Crippen molar-refractivity contribution in [3.8, 4) is 5.75 Å². The van der Waals surface area contributed by atoms with Crippen molar-refractivity contribution in [1.29, 1.82) is 0 Å². The Morgan fingerprint density at radius 3 is 2.24 bits per heavy atom. The molecule has 5 heteroatoms. The normalized spacial score (nSPS) is 12.0. The first-order chi connectivity index (χ1) is 9.97. The molecule has 0 aliphatic rings. The molecule has 2 aromatic carbocycles. The molecule has 0 aliphatic carbocycles. The van der Waals surface area contributed by atoms with Crippen molar-refractivity contribution in [3.63, 3.8) is 0 Å². The summed E-state index contributed by atoms with van der Waals surface area (Å²) in [6.45, 7) is 4.90. The van der Waals surface area contributed by atoms with Crippen LogP contribution in [0.25, 0.3) is 10.8 Å². The van der Waals surface area contributed by atoms with Gasteiger partial charge in [-0.15, -0.1) is 0 Å². The van der Waals surface area contributed by atoms with Crippen LogP contribution in [0.5, 0.6) is 5.75 Å². The van der Waals surface area contributed by atoms with Crippen LogP contribution < -0.4 is 4.74 Å². The second kappa shape index (κ2) is 6.67. The lowest BCUT2D eigenvalue weighted by molar-refractivity contribution is 0.243. The quantitative estimate of drug-likeness (QED) is 0.730. The molecule has 0 fully saturated rings. The van der Waals surface area contributed by atoms with Gasteiger partial charge in [0.25, 0.3) is 9.05 Å². The first-order valence-electron chi connectivity index (χ1n) is 7.06. The van der Waals surface area contributed by atoms with E-state index >= 15 is 0 Å². The van der Waals surface area contributed by atoms with Crippen molar-refractivity contribution in [2.24, 2.45) is 5.92 Å². The summed E-state index contributed by atoms with van der Waals surface area (Å²) in [4.78, 5) is 0.120. The maximum Gasteiger partial charge on any atom is 0.261 e. The molecule has 2 aromatic rings. The fourth-order valence-corrected chi connectivity index (χ4v) is 3.39. The van der Waals surface area contributed by atoms with Gasteiger partial charge in [-0.3, -0.25) is 0 Å². The SMILES string of the molecule is CCC(CC)COc1ccc(S(=O)(=O)Cl)c2ccccc12. The Morgan fingerprint density at radius 1 is 1.05 bits per heavy atom. The van der Waals surface area contributed by atoms with Gasteiger partial charge in [0.05, 0.1) is 11.5 Å². The van der Waals surface area contributed by atoms with Crippen molar-refractivity contribution >= 4 is 30.5 Å². The van der Waals surface area contributed by atoms with Gasteiger partial charge in [0.15, 0.2) is 0 Å². The fourth-order valence-electron chi connectivity index (χ4n) is 2.31. The molecule has 0 radical (unpaired) electrons. The zero-order valence-corrected chi connectivity index (χ0v) is 13.7. The molecule has 0 saturated heterocycles. The zero-order valence-electron chi connectivity index (χ0n) is 12.2. The largest absolute Gasteiger partial charge is 0.493 e. The zero-order chi connectivity index (χ0) is 15.5. The first kappa shape index (κ1) is 16.1. The Balaban J connectivity index is 2.43. The van der Waals surface area contributed by atoms with Gasteiger partial charge in [-0.05, 0) is 18.1 Å². The van der Waals surface area contributed by atoms with E-state index in [9.17, 15) is 8.42 Å². The lowest BCUT2D eigenvalue weighted by Crippen LogP contribution is -2.10. The molecule has 3 nitrogen and oxygen atoms in total. The Morgan fingerprint density at radius 2 is 1.67 bits per heavy atom. The molecular weight excluding hydrogens is 308 g/mol. The molecule has 21 heavy (non-hydrogen) atoms. The summed E-state index contributed by atoms with van der Waals surface area (Å²) in [6, 6.07) is 10.4. The Kier molecular flexibility index (Phi) is 5.12. The van der Waals surface area contributed by atoms with Crippen molar-refractivity contribution in [3.05, 3.63) is 36.4 Å². The van der Waals surface area contributed by atoms with Crippen LogP contribution in [-0.2, 0) is 9.05 Å². The molecule has 0 atom stereocenters. The smallest absolute Gasteiger partial charge is 0.261 e. The maximum atomic E-state index is 11.6. The van der Waals surface area contributed by atoms with Crippen LogP contribution in [0.15, 0.2) is 41.3 Å². The minimum atomic E-state index is -3.77. The van der Waals surface area contributed by atoms with Gasteiger partial charge in [-0.2, -0.15) is 0 Å². The van der Waals surface area contributed by atoms with Crippen LogP contribution >= 0.6 is 10.7 Å². The van der Waals surface area contributed by atoms with Crippen LogP contribution in [0.3, 0.4) is 0 Å². The third kappa shape index (κ3) is 3.69. The molecule has 2 rings (SSSR count). The number of hydrogen-bond donors (Lipinski definition) is 0. The van der Waals surface area contributed by atoms with Gasteiger partial charge in [0, 0.05) is 21.5 Å². The minimum absolute atomic E-state index is 0.120. The number of ether oxygens (including phenoxy) is 1. The van der Waals surface area contributed by atoms with E-state index < -0.39 is 9.05 Å². The van der Waals surface area contributed by atoms with E-state index in [2.05, 4.69) is 13.8 Å². The van der Waals surface area contributed by atoms with E-state index in [1.54, 1.807) is 18.2 Å². The van der Waals surface area contributed by atoms with Gasteiger partial charge in [0.2, 0.25) is 0 Å². The van der Waals surface area contributed by atoms with Crippen molar-refractivity contribution in [1.82, 2.24) is 0 Å². The molecule has 0 heterocycles. The molecule has 0 spiro atoms. The summed E-state index contributed by atoms with van der Waals surface area (Å²) in [5.41, 5.74) is 0. The van der Waals surface area contributed by atoms with E-state index in [0.717, 1.165) is 18.2 Å². The summed E-state index contributed by atoms with van der Waals surface area (Å²) in [5, 5.41) is 1.36. The average Bonchev–Trinajstić information content (AvgIpc) is 2.47. The van der Waals surface area contributed by atoms with Crippen LogP contribution in [0.1, 0.15) is 26.7 Å². The van der Waals surface area contributed by atoms with E-state index in [1.165, 1.54) is 6.07 Å². The number of halogens is 1. The standard InChI is InChI=1S/C16H19ClO3S/c1-3-12(4-2)11-20-15-9-10-16(21(17,18)19)14-8-6-5-7-13(14)15/h5-10,12H,3-4,11H2,1-2H3. The highest BCUT2D eigenvalue weighted by atomic mass is 35.7. The van der Waals surface area contributed by atoms with Gasteiger partial charge < -0.3 is 4.74 Å². The summed E-state index contributed by atoms with van der Waals surface area (Å²) in [7, 11) is 1.72. The van der Waals surface area contributed by atoms with Gasteiger partial charge in [-0.25, -0.2) is 8.42 Å². The molecule has 0 N–H and O–H groups in total. The lowest BCUT2D eigenvalue weighted by Gasteiger charge is -2.16. The Hall–Kier alpha value is -1.26. The molecule has 0 aromatic heterocycles. The second-order valence-corrected chi connectivity index (χ2v) is 7.57. The van der Waals surface area contributed by atoms with E-state index in [4.69, 9.17) is 15.4 Å². The minimum Gasteiger partial charge on any atom is -0.493 e. The van der Waals surface area contributed by atoms with Crippen LogP contribution in [0.2, 0.25) is 0 Å². The number of benzene rings is 2. The highest BCUT2D eigenvalue weighted by molar-refractivity contribution is 8.14. The number of rotatable bonds is 6. The topological polar surface area (TPSA) is 43.4 Å². The van der Waals surface area contributed by atoms with E-state index in [0.29, 0.717) is 23.7 Å². The second-order valence-electron chi connectivity index (χ2n) is 5.04. The average molecular weight is 327 g/mol. The van der Waals surface area contributed by atoms with Crippen molar-refractivity contribution in [2.45, 2.75) is 31.6 Å². The molecule has 0 unspecified atom stereocenters. The first-order valence-corrected chi connectivity index (χ1v) is 9.37. The molecular formula is C16H19ClO3S. The molecule has 114 valence electrons. The molecule has 0 aliphatic heterocycles. The molecule has 0 amide bonds. The van der Waals surface area contributed by atoms with Gasteiger partial charge >= 0.3 is 0 Å². The number of hydrogen-bond acceptors (Lipinski definition) is 3. The highest BCUT2D eigenvalue weighted by Crippen LogP contribution is 2.32. The number of fused-ring (bicyclic) bond motifs is 1. The van der Waals surface area contributed by atoms with E-state index in [-0.39, 0.29) is 4.90 Å². The summed E-state index contributed by atoms with van der Waals surface area (Å²) >= 11 is 0. The third-order valence-corrected chi connectivity index (χ3v) is 5.12. The maximum absolute atomic E-state index is 11.6. The summed E-state index contributed by atoms with van der Waals surface area (Å²) < 4.78 is 29.2. The highest BCUT2D eigenvalue weighted by Gasteiger charge is 2.16. The lowest BCUT2D eigenvalue weighted by atomic mass is 10.1. The Labute approximate surface area is 130 Å². The Bertz CT molecular complexity index is 721. The third-order valence-electron chi connectivity index (χ3n) is 3.74. The van der Waals surface area contributed by atoms with E-state index in [1.807, 2.05) is 12.1 Å². The summed E-state index contributed by atoms with van der Waals surface area (Å²) in [6.07, 6.45) is 2.12. The fraction of sp³-hybridized carbons (Fsp3) is 0.375. The van der Waals surface area contributed by atoms with Gasteiger partial charge in [-0.1, -0.05) is 51.0 Å².